The van der Waals surface area contributed by atoms with E-state index in [-0.39, 0.29) is 6.61 Å². The standard InChI is InChI=1S/C16H18Cl2N6O/c17-11-4-3-10(7-12(11)18)8-20-16-22-14(19)13-15(23-16)24(9-21-13)5-1-2-6-25/h3-4,7,9,25H,1-2,5-6,8H2,(H3,19,20,22,23). The SMILES string of the molecule is Nc1nc(NCc2ccc(Cl)c(Cl)c2)nc2c1ncn2CCCCO. The van der Waals surface area contributed by atoms with Gasteiger partial charge in [-0.1, -0.05) is 29.3 Å². The molecular weight excluding hydrogens is 363 g/mol. The molecule has 0 saturated heterocycles. The van der Waals surface area contributed by atoms with Crippen molar-refractivity contribution in [1.29, 1.82) is 0 Å². The Morgan fingerprint density at radius 2 is 2.00 bits per heavy atom. The molecule has 3 rings (SSSR count). The lowest BCUT2D eigenvalue weighted by molar-refractivity contribution is 0.281. The first-order valence-corrected chi connectivity index (χ1v) is 8.61. The van der Waals surface area contributed by atoms with E-state index in [1.165, 1.54) is 0 Å². The van der Waals surface area contributed by atoms with Crippen LogP contribution < -0.4 is 11.1 Å². The monoisotopic (exact) mass is 380 g/mol. The first kappa shape index (κ1) is 17.7. The van der Waals surface area contributed by atoms with Gasteiger partial charge in [-0.25, -0.2) is 4.98 Å². The lowest BCUT2D eigenvalue weighted by atomic mass is 10.2. The Balaban J connectivity index is 1.78. The summed E-state index contributed by atoms with van der Waals surface area (Å²) in [4.78, 5) is 13.0. The lowest BCUT2D eigenvalue weighted by Crippen LogP contribution is -2.07. The Labute approximate surface area is 154 Å². The summed E-state index contributed by atoms with van der Waals surface area (Å²) in [6.07, 6.45) is 3.25. The van der Waals surface area contributed by atoms with Gasteiger partial charge >= 0.3 is 0 Å². The number of aliphatic hydroxyl groups excluding tert-OH is 1. The fourth-order valence-corrected chi connectivity index (χ4v) is 2.75. The van der Waals surface area contributed by atoms with Crippen LogP contribution in [0.25, 0.3) is 11.2 Å². The normalized spacial score (nSPS) is 11.2. The van der Waals surface area contributed by atoms with E-state index in [9.17, 15) is 0 Å². The Kier molecular flexibility index (Phi) is 5.57. The molecule has 0 aliphatic rings. The minimum absolute atomic E-state index is 0.167. The number of unbranched alkanes of at least 4 members (excludes halogenated alkanes) is 1. The number of nitrogens with two attached hydrogens (primary N) is 1. The maximum Gasteiger partial charge on any atom is 0.227 e. The van der Waals surface area contributed by atoms with E-state index >= 15 is 0 Å². The van der Waals surface area contributed by atoms with E-state index < -0.39 is 0 Å². The van der Waals surface area contributed by atoms with Crippen molar-refractivity contribution in [3.8, 4) is 0 Å². The predicted octanol–water partition coefficient (Wildman–Crippen LogP) is 3.10. The molecule has 0 unspecified atom stereocenters. The van der Waals surface area contributed by atoms with Crippen molar-refractivity contribution >= 4 is 46.1 Å². The number of nitrogens with zero attached hydrogens (tertiary/aromatic N) is 4. The average Bonchev–Trinajstić information content (AvgIpc) is 3.00. The number of fused-ring (bicyclic) bond motifs is 1. The molecule has 7 nitrogen and oxygen atoms in total. The van der Waals surface area contributed by atoms with Gasteiger partial charge in [0, 0.05) is 19.7 Å². The summed E-state index contributed by atoms with van der Waals surface area (Å²) in [7, 11) is 0. The Bertz CT molecular complexity index is 882. The van der Waals surface area contributed by atoms with Gasteiger partial charge in [0.05, 0.1) is 16.4 Å². The third-order valence-electron chi connectivity index (χ3n) is 3.73. The Morgan fingerprint density at radius 1 is 1.16 bits per heavy atom. The quantitative estimate of drug-likeness (QED) is 0.544. The summed E-state index contributed by atoms with van der Waals surface area (Å²) in [6.45, 7) is 1.36. The van der Waals surface area contributed by atoms with Crippen molar-refractivity contribution in [2.45, 2.75) is 25.9 Å². The van der Waals surface area contributed by atoms with E-state index in [4.69, 9.17) is 34.0 Å². The van der Waals surface area contributed by atoms with Gasteiger partial charge in [0.2, 0.25) is 5.95 Å². The third kappa shape index (κ3) is 4.12. The number of hydrogen-bond donors (Lipinski definition) is 3. The van der Waals surface area contributed by atoms with Crippen LogP contribution in [0.4, 0.5) is 11.8 Å². The van der Waals surface area contributed by atoms with Crippen LogP contribution in [-0.4, -0.2) is 31.2 Å². The zero-order chi connectivity index (χ0) is 17.8. The van der Waals surface area contributed by atoms with Crippen LogP contribution in [0.3, 0.4) is 0 Å². The molecule has 9 heteroatoms. The second-order valence-electron chi connectivity index (χ2n) is 5.58. The number of hydrogen-bond acceptors (Lipinski definition) is 6. The van der Waals surface area contributed by atoms with E-state index in [2.05, 4.69) is 20.3 Å². The molecule has 3 aromatic rings. The number of halogens is 2. The zero-order valence-electron chi connectivity index (χ0n) is 13.4. The molecule has 0 aliphatic carbocycles. The minimum Gasteiger partial charge on any atom is -0.396 e. The minimum atomic E-state index is 0.167. The van der Waals surface area contributed by atoms with Crippen LogP contribution in [0.15, 0.2) is 24.5 Å². The van der Waals surface area contributed by atoms with Gasteiger partial charge in [0.1, 0.15) is 5.52 Å². The lowest BCUT2D eigenvalue weighted by Gasteiger charge is -2.08. The number of nitrogens with one attached hydrogen (secondary N) is 1. The third-order valence-corrected chi connectivity index (χ3v) is 4.47. The van der Waals surface area contributed by atoms with Crippen LogP contribution in [-0.2, 0) is 13.1 Å². The highest BCUT2D eigenvalue weighted by atomic mass is 35.5. The highest BCUT2D eigenvalue weighted by molar-refractivity contribution is 6.42. The molecule has 0 amide bonds. The molecule has 0 fully saturated rings. The average molecular weight is 381 g/mol. The van der Waals surface area contributed by atoms with Crippen molar-refractivity contribution in [1.82, 2.24) is 19.5 Å². The molecule has 0 atom stereocenters. The maximum absolute atomic E-state index is 8.91. The van der Waals surface area contributed by atoms with Crippen LogP contribution >= 0.6 is 23.2 Å². The summed E-state index contributed by atoms with van der Waals surface area (Å²) in [6, 6.07) is 5.41. The number of rotatable bonds is 7. The van der Waals surface area contributed by atoms with Crippen molar-refractivity contribution in [2.24, 2.45) is 0 Å². The molecule has 132 valence electrons. The predicted molar refractivity (Wildman–Crippen MR) is 99.8 cm³/mol. The number of aryl methyl sites for hydroxylation is 1. The fraction of sp³-hybridized carbons (Fsp3) is 0.312. The fourth-order valence-electron chi connectivity index (χ4n) is 2.43. The van der Waals surface area contributed by atoms with Gasteiger partial charge in [-0.05, 0) is 30.5 Å². The number of nitrogen functional groups attached to an aromatic ring is 1. The van der Waals surface area contributed by atoms with Crippen LogP contribution in [0.1, 0.15) is 18.4 Å². The summed E-state index contributed by atoms with van der Waals surface area (Å²) in [5.41, 5.74) is 8.19. The molecule has 2 heterocycles. The molecule has 4 N–H and O–H groups in total. The van der Waals surface area contributed by atoms with Crippen molar-refractivity contribution < 1.29 is 5.11 Å². The molecular formula is C16H18Cl2N6O. The van der Waals surface area contributed by atoms with Crippen molar-refractivity contribution in [3.05, 3.63) is 40.1 Å². The summed E-state index contributed by atoms with van der Waals surface area (Å²) in [5, 5.41) is 13.1. The number of aromatic nitrogens is 4. The van der Waals surface area contributed by atoms with Gasteiger partial charge in [0.25, 0.3) is 0 Å². The van der Waals surface area contributed by atoms with E-state index in [1.54, 1.807) is 18.5 Å². The Morgan fingerprint density at radius 3 is 2.76 bits per heavy atom. The second kappa shape index (κ2) is 7.86. The molecule has 25 heavy (non-hydrogen) atoms. The van der Waals surface area contributed by atoms with E-state index in [1.807, 2.05) is 10.6 Å². The van der Waals surface area contributed by atoms with Crippen LogP contribution in [0.5, 0.6) is 0 Å². The first-order valence-electron chi connectivity index (χ1n) is 7.85. The molecule has 1 aromatic carbocycles. The molecule has 0 spiro atoms. The molecule has 2 aromatic heterocycles. The highest BCUT2D eigenvalue weighted by Crippen LogP contribution is 2.23. The van der Waals surface area contributed by atoms with E-state index in [0.29, 0.717) is 46.1 Å². The molecule has 0 radical (unpaired) electrons. The molecule has 0 bridgehead atoms. The number of benzene rings is 1. The molecule has 0 saturated carbocycles. The van der Waals surface area contributed by atoms with E-state index in [0.717, 1.165) is 18.4 Å². The molecule has 0 aliphatic heterocycles. The van der Waals surface area contributed by atoms with Gasteiger partial charge in [-0.15, -0.1) is 0 Å². The van der Waals surface area contributed by atoms with Gasteiger partial charge in [-0.2, -0.15) is 9.97 Å². The van der Waals surface area contributed by atoms with Crippen LogP contribution in [0.2, 0.25) is 10.0 Å². The topological polar surface area (TPSA) is 102 Å². The number of imidazole rings is 1. The summed E-state index contributed by atoms with van der Waals surface area (Å²) in [5.74, 6) is 0.738. The highest BCUT2D eigenvalue weighted by Gasteiger charge is 2.11. The number of anilines is 2. The maximum atomic E-state index is 8.91. The number of aliphatic hydroxyl groups is 1. The van der Waals surface area contributed by atoms with Crippen LogP contribution in [0, 0.1) is 0 Å². The smallest absolute Gasteiger partial charge is 0.227 e. The van der Waals surface area contributed by atoms with Gasteiger partial charge < -0.3 is 20.7 Å². The largest absolute Gasteiger partial charge is 0.396 e. The zero-order valence-corrected chi connectivity index (χ0v) is 14.9. The summed E-state index contributed by atoms with van der Waals surface area (Å²) >= 11 is 11.9. The van der Waals surface area contributed by atoms with Crippen molar-refractivity contribution in [2.75, 3.05) is 17.7 Å². The second-order valence-corrected chi connectivity index (χ2v) is 6.39. The van der Waals surface area contributed by atoms with Gasteiger partial charge in [-0.3, -0.25) is 0 Å². The Hall–Kier alpha value is -2.09. The summed E-state index contributed by atoms with van der Waals surface area (Å²) < 4.78 is 1.91. The van der Waals surface area contributed by atoms with Crippen molar-refractivity contribution in [3.63, 3.8) is 0 Å². The first-order chi connectivity index (χ1) is 12.1. The van der Waals surface area contributed by atoms with Gasteiger partial charge in [0.15, 0.2) is 11.5 Å².